The molecule has 1 nitrogen and oxygen atoms in total. The van der Waals surface area contributed by atoms with Crippen LogP contribution in [0.15, 0.2) is 36.4 Å². The topological polar surface area (TPSA) is 9.23 Å². The van der Waals surface area contributed by atoms with Crippen LogP contribution in [-0.2, 0) is 4.74 Å². The Kier molecular flexibility index (Phi) is 3.15. The van der Waals surface area contributed by atoms with Crippen molar-refractivity contribution in [1.82, 2.24) is 0 Å². The van der Waals surface area contributed by atoms with Crippen molar-refractivity contribution < 1.29 is 4.74 Å². The molecule has 2 rings (SSSR count). The second-order valence-corrected chi connectivity index (χ2v) is 5.47. The zero-order valence-electron chi connectivity index (χ0n) is 10.2. The van der Waals surface area contributed by atoms with Crippen LogP contribution in [0.1, 0.15) is 38.0 Å². The highest BCUT2D eigenvalue weighted by atomic mass is 16.5. The molecule has 1 aliphatic rings. The van der Waals surface area contributed by atoms with Crippen molar-refractivity contribution in [1.29, 1.82) is 0 Å². The van der Waals surface area contributed by atoms with E-state index in [9.17, 15) is 0 Å². The molecule has 1 radical (unpaired) electrons. The van der Waals surface area contributed by atoms with Gasteiger partial charge in [0.1, 0.15) is 6.10 Å². The minimum absolute atomic E-state index is 0.112. The summed E-state index contributed by atoms with van der Waals surface area (Å²) in [5, 5.41) is 0. The third-order valence-corrected chi connectivity index (χ3v) is 2.56. The van der Waals surface area contributed by atoms with Crippen LogP contribution in [0.4, 0.5) is 0 Å². The summed E-state index contributed by atoms with van der Waals surface area (Å²) in [6.45, 7) is 7.35. The quantitative estimate of drug-likeness (QED) is 0.726. The summed E-state index contributed by atoms with van der Waals surface area (Å²) in [4.78, 5) is 0. The Morgan fingerprint density at radius 2 is 1.94 bits per heavy atom. The molecule has 1 heteroatoms. The molecule has 1 aromatic carbocycles. The molecule has 0 heterocycles. The largest absolute Gasteiger partial charge is 0.369 e. The van der Waals surface area contributed by atoms with Gasteiger partial charge in [-0.15, -0.1) is 0 Å². The maximum absolute atomic E-state index is 5.97. The Bertz CT molecular complexity index is 385. The fraction of sp³-hybridized carbons (Fsp3) is 0.400. The molecule has 1 aromatic rings. The van der Waals surface area contributed by atoms with Crippen LogP contribution in [0.2, 0.25) is 0 Å². The van der Waals surface area contributed by atoms with Crippen LogP contribution in [0.3, 0.4) is 0 Å². The average molecular weight is 215 g/mol. The van der Waals surface area contributed by atoms with Crippen LogP contribution >= 0.6 is 0 Å². The smallest absolute Gasteiger partial charge is 0.101 e. The lowest BCUT2D eigenvalue weighted by Crippen LogP contribution is -2.18. The van der Waals surface area contributed by atoms with Gasteiger partial charge in [0.15, 0.2) is 0 Å². The average Bonchev–Trinajstić information content (AvgIpc) is 2.25. The van der Waals surface area contributed by atoms with Gasteiger partial charge < -0.3 is 4.74 Å². The maximum Gasteiger partial charge on any atom is 0.101 e. The molecule has 16 heavy (non-hydrogen) atoms. The van der Waals surface area contributed by atoms with Gasteiger partial charge in [-0.1, -0.05) is 57.2 Å². The van der Waals surface area contributed by atoms with E-state index in [2.05, 4.69) is 63.6 Å². The predicted molar refractivity (Wildman–Crippen MR) is 67.1 cm³/mol. The molecule has 0 saturated heterocycles. The van der Waals surface area contributed by atoms with Gasteiger partial charge in [0.25, 0.3) is 0 Å². The van der Waals surface area contributed by atoms with Gasteiger partial charge in [0.05, 0.1) is 6.61 Å². The molecule has 1 unspecified atom stereocenters. The maximum atomic E-state index is 5.97. The fourth-order valence-corrected chi connectivity index (χ4v) is 1.77. The summed E-state index contributed by atoms with van der Waals surface area (Å²) < 4.78 is 5.97. The van der Waals surface area contributed by atoms with Crippen molar-refractivity contribution in [2.75, 3.05) is 6.61 Å². The first-order valence-electron chi connectivity index (χ1n) is 5.78. The Morgan fingerprint density at radius 3 is 2.69 bits per heavy atom. The molecule has 0 N–H and O–H groups in total. The summed E-state index contributed by atoms with van der Waals surface area (Å²) in [6.07, 6.45) is 6.44. The van der Waals surface area contributed by atoms with E-state index in [-0.39, 0.29) is 11.5 Å². The van der Waals surface area contributed by atoms with Crippen LogP contribution in [0.25, 0.3) is 0 Å². The molecule has 1 atom stereocenters. The van der Waals surface area contributed by atoms with Gasteiger partial charge in [0, 0.05) is 6.42 Å². The molecule has 0 saturated carbocycles. The lowest BCUT2D eigenvalue weighted by atomic mass is 9.94. The van der Waals surface area contributed by atoms with Crippen LogP contribution in [0, 0.1) is 11.8 Å². The van der Waals surface area contributed by atoms with Gasteiger partial charge in [-0.05, 0) is 16.5 Å². The Hall–Kier alpha value is -1.08. The third kappa shape index (κ3) is 2.73. The van der Waals surface area contributed by atoms with E-state index in [1.165, 1.54) is 11.1 Å². The molecule has 1 aliphatic carbocycles. The van der Waals surface area contributed by atoms with Crippen molar-refractivity contribution >= 4 is 0 Å². The lowest BCUT2D eigenvalue weighted by molar-refractivity contribution is 0.0320. The summed E-state index contributed by atoms with van der Waals surface area (Å²) in [5.41, 5.74) is 2.75. The number of rotatable bonds is 2. The molecule has 85 valence electrons. The van der Waals surface area contributed by atoms with Gasteiger partial charge in [0.2, 0.25) is 0 Å². The van der Waals surface area contributed by atoms with E-state index in [0.717, 1.165) is 6.61 Å². The molecule has 0 aliphatic heterocycles. The van der Waals surface area contributed by atoms with Crippen LogP contribution in [0.5, 0.6) is 0 Å². The summed E-state index contributed by atoms with van der Waals surface area (Å²) in [6, 6.07) is 8.41. The van der Waals surface area contributed by atoms with Gasteiger partial charge >= 0.3 is 0 Å². The first-order chi connectivity index (χ1) is 7.56. The zero-order chi connectivity index (χ0) is 11.6. The third-order valence-electron chi connectivity index (χ3n) is 2.56. The van der Waals surface area contributed by atoms with Crippen molar-refractivity contribution in [3.8, 4) is 0 Å². The number of allylic oxidation sites excluding steroid dienone is 1. The van der Waals surface area contributed by atoms with E-state index in [4.69, 9.17) is 4.74 Å². The summed E-state index contributed by atoms with van der Waals surface area (Å²) >= 11 is 0. The van der Waals surface area contributed by atoms with Crippen molar-refractivity contribution in [3.63, 3.8) is 0 Å². The second kappa shape index (κ2) is 4.42. The van der Waals surface area contributed by atoms with Crippen molar-refractivity contribution in [3.05, 3.63) is 54.0 Å². The zero-order valence-corrected chi connectivity index (χ0v) is 10.2. The molecule has 0 fully saturated rings. The van der Waals surface area contributed by atoms with Gasteiger partial charge in [-0.25, -0.2) is 0 Å². The van der Waals surface area contributed by atoms with E-state index >= 15 is 0 Å². The molecule has 0 amide bonds. The minimum atomic E-state index is 0.112. The van der Waals surface area contributed by atoms with Crippen molar-refractivity contribution in [2.24, 2.45) is 5.41 Å². The highest BCUT2D eigenvalue weighted by Crippen LogP contribution is 2.30. The molecular formula is C15H19O. The number of hydrogen-bond acceptors (Lipinski definition) is 1. The van der Waals surface area contributed by atoms with Crippen LogP contribution < -0.4 is 0 Å². The van der Waals surface area contributed by atoms with Gasteiger partial charge in [-0.2, -0.15) is 0 Å². The normalized spacial score (nSPS) is 19.6. The predicted octanol–water partition coefficient (Wildman–Crippen LogP) is 3.91. The molecule has 0 spiro atoms. The van der Waals surface area contributed by atoms with Crippen LogP contribution in [-0.4, -0.2) is 6.61 Å². The number of fused-ring (bicyclic) bond motifs is 1. The van der Waals surface area contributed by atoms with Crippen molar-refractivity contribution in [2.45, 2.75) is 26.9 Å². The molecule has 0 bridgehead atoms. The molecule has 0 aromatic heterocycles. The molecular weight excluding hydrogens is 196 g/mol. The Labute approximate surface area is 98.1 Å². The van der Waals surface area contributed by atoms with E-state index in [0.29, 0.717) is 0 Å². The fourth-order valence-electron chi connectivity index (χ4n) is 1.77. The highest BCUT2D eigenvalue weighted by Gasteiger charge is 2.19. The highest BCUT2D eigenvalue weighted by molar-refractivity contribution is 5.43. The summed E-state index contributed by atoms with van der Waals surface area (Å²) in [5.74, 6) is 0. The van der Waals surface area contributed by atoms with E-state index in [1.54, 1.807) is 0 Å². The number of benzene rings is 1. The Morgan fingerprint density at radius 1 is 1.19 bits per heavy atom. The minimum Gasteiger partial charge on any atom is -0.369 e. The van der Waals surface area contributed by atoms with E-state index in [1.807, 2.05) is 0 Å². The SMILES string of the molecule is CC(C)(C)COC1C=C[CH]c2ccccc21. The monoisotopic (exact) mass is 215 g/mol. The lowest BCUT2D eigenvalue weighted by Gasteiger charge is -2.25. The Balaban J connectivity index is 2.11. The van der Waals surface area contributed by atoms with Gasteiger partial charge in [-0.3, -0.25) is 0 Å². The number of hydrogen-bond donors (Lipinski definition) is 0. The summed E-state index contributed by atoms with van der Waals surface area (Å²) in [7, 11) is 0. The second-order valence-electron chi connectivity index (χ2n) is 5.47. The number of ether oxygens (including phenoxy) is 1. The standard InChI is InChI=1S/C15H19O/c1-15(2,3)11-16-14-10-6-8-12-7-4-5-9-13(12)14/h4-10,14H,11H2,1-3H3. The first kappa shape index (κ1) is 11.4. The first-order valence-corrected chi connectivity index (χ1v) is 5.78. The van der Waals surface area contributed by atoms with E-state index < -0.39 is 0 Å².